The van der Waals surface area contributed by atoms with Crippen LogP contribution in [0.5, 0.6) is 5.75 Å². The minimum atomic E-state index is 0.173. The van der Waals surface area contributed by atoms with Gasteiger partial charge in [-0.1, -0.05) is 18.2 Å². The van der Waals surface area contributed by atoms with Crippen molar-refractivity contribution in [3.8, 4) is 17.0 Å². The van der Waals surface area contributed by atoms with E-state index < -0.39 is 0 Å². The molecule has 4 aromatic rings. The molecule has 1 atom stereocenters. The Labute approximate surface area is 211 Å². The Kier molecular flexibility index (Phi) is 6.01. The summed E-state index contributed by atoms with van der Waals surface area (Å²) in [5.74, 6) is 1.26. The molecule has 1 spiro atoms. The first-order chi connectivity index (χ1) is 17.6. The number of nitrogens with one attached hydrogen (secondary N) is 3. The van der Waals surface area contributed by atoms with Gasteiger partial charge in [-0.3, -0.25) is 14.8 Å². The second-order valence-electron chi connectivity index (χ2n) is 10.3. The first-order valence-electron chi connectivity index (χ1n) is 12.9. The van der Waals surface area contributed by atoms with Crippen molar-refractivity contribution in [2.45, 2.75) is 32.2 Å². The molecule has 2 aliphatic rings. The smallest absolute Gasteiger partial charge is 0.223 e. The number of hydrogen-bond donors (Lipinski definition) is 3. The second-order valence-corrected chi connectivity index (χ2v) is 10.3. The van der Waals surface area contributed by atoms with Crippen molar-refractivity contribution >= 4 is 16.8 Å². The van der Waals surface area contributed by atoms with E-state index in [0.717, 1.165) is 67.8 Å². The van der Waals surface area contributed by atoms with Crippen molar-refractivity contribution in [3.05, 3.63) is 72.1 Å². The summed E-state index contributed by atoms with van der Waals surface area (Å²) < 4.78 is 5.28. The molecule has 36 heavy (non-hydrogen) atoms. The normalized spacial score (nSPS) is 19.0. The number of rotatable bonds is 8. The first kappa shape index (κ1) is 22.9. The molecule has 1 amide bonds. The monoisotopic (exact) mass is 483 g/mol. The van der Waals surface area contributed by atoms with Gasteiger partial charge in [-0.2, -0.15) is 5.10 Å². The molecule has 1 saturated carbocycles. The van der Waals surface area contributed by atoms with Crippen LogP contribution in [0.25, 0.3) is 22.2 Å². The maximum Gasteiger partial charge on any atom is 0.223 e. The number of methoxy groups -OCH3 is 1. The van der Waals surface area contributed by atoms with Crippen LogP contribution in [-0.4, -0.2) is 52.7 Å². The fourth-order valence-corrected chi connectivity index (χ4v) is 5.89. The largest absolute Gasteiger partial charge is 0.497 e. The zero-order chi connectivity index (χ0) is 24.5. The Bertz CT molecular complexity index is 1350. The number of piperidine rings is 1. The minimum absolute atomic E-state index is 0.173. The lowest BCUT2D eigenvalue weighted by atomic mass is 9.90. The van der Waals surface area contributed by atoms with Crippen molar-refractivity contribution < 1.29 is 9.53 Å². The van der Waals surface area contributed by atoms with E-state index in [1.54, 1.807) is 7.11 Å². The molecule has 7 nitrogen and oxygen atoms in total. The number of fused-ring (bicyclic) bond motifs is 1. The predicted octanol–water partition coefficient (Wildman–Crippen LogP) is 4.53. The van der Waals surface area contributed by atoms with Crippen LogP contribution in [0.15, 0.2) is 60.9 Å². The van der Waals surface area contributed by atoms with E-state index in [0.29, 0.717) is 6.54 Å². The number of likely N-dealkylation sites (tertiary alicyclic amines) is 1. The molecule has 1 aliphatic carbocycles. The van der Waals surface area contributed by atoms with Crippen molar-refractivity contribution in [1.82, 2.24) is 25.4 Å². The number of aromatic nitrogens is 3. The highest BCUT2D eigenvalue weighted by Crippen LogP contribution is 2.59. The van der Waals surface area contributed by atoms with Gasteiger partial charge >= 0.3 is 0 Å². The van der Waals surface area contributed by atoms with Crippen LogP contribution >= 0.6 is 0 Å². The van der Waals surface area contributed by atoms with Gasteiger partial charge in [0.1, 0.15) is 5.75 Å². The van der Waals surface area contributed by atoms with Crippen LogP contribution in [0.4, 0.5) is 0 Å². The lowest BCUT2D eigenvalue weighted by molar-refractivity contribution is -0.123. The third kappa shape index (κ3) is 4.39. The van der Waals surface area contributed by atoms with Crippen LogP contribution < -0.4 is 10.1 Å². The van der Waals surface area contributed by atoms with E-state index in [2.05, 4.69) is 61.9 Å². The summed E-state index contributed by atoms with van der Waals surface area (Å²) in [6.45, 7) is 3.60. The summed E-state index contributed by atoms with van der Waals surface area (Å²) in [5, 5.41) is 11.9. The van der Waals surface area contributed by atoms with Crippen molar-refractivity contribution in [2.75, 3.05) is 26.7 Å². The SMILES string of the molecule is COc1ccc(-c2[nH]ncc2CN2CCC3(CC2)C[C@@H]3C(=O)NCCc2c[nH]c3ccccc23)cc1. The second kappa shape index (κ2) is 9.47. The van der Waals surface area contributed by atoms with Crippen molar-refractivity contribution in [2.24, 2.45) is 11.3 Å². The van der Waals surface area contributed by atoms with Gasteiger partial charge in [0.05, 0.1) is 19.0 Å². The molecule has 7 heteroatoms. The Morgan fingerprint density at radius 3 is 2.75 bits per heavy atom. The quantitative estimate of drug-likeness (QED) is 0.344. The third-order valence-electron chi connectivity index (χ3n) is 8.22. The molecule has 6 rings (SSSR count). The van der Waals surface area contributed by atoms with E-state index in [-0.39, 0.29) is 17.2 Å². The standard InChI is InChI=1S/C29H33N5O2/c1-36-23-8-6-20(7-9-23)27-22(18-32-33-27)19-34-14-11-29(12-15-34)16-25(29)28(35)30-13-10-21-17-31-26-5-3-2-4-24(21)26/h2-9,17-18,25,31H,10-16,19H2,1H3,(H,30,35)(H,32,33)/t25-/m1/s1. The maximum absolute atomic E-state index is 12.9. The number of amides is 1. The van der Waals surface area contributed by atoms with E-state index >= 15 is 0 Å². The minimum Gasteiger partial charge on any atom is -0.497 e. The van der Waals surface area contributed by atoms with Crippen LogP contribution in [0.3, 0.4) is 0 Å². The number of carbonyl (C=O) groups is 1. The van der Waals surface area contributed by atoms with Crippen molar-refractivity contribution in [3.63, 3.8) is 0 Å². The number of para-hydroxylation sites is 1. The number of hydrogen-bond acceptors (Lipinski definition) is 4. The van der Waals surface area contributed by atoms with Crippen LogP contribution in [0.1, 0.15) is 30.4 Å². The average Bonchev–Trinajstić information content (AvgIpc) is 3.22. The fraction of sp³-hybridized carbons (Fsp3) is 0.379. The highest BCUT2D eigenvalue weighted by Gasteiger charge is 2.58. The molecular formula is C29H33N5O2. The molecule has 186 valence electrons. The van der Waals surface area contributed by atoms with Crippen molar-refractivity contribution in [1.29, 1.82) is 0 Å². The van der Waals surface area contributed by atoms with Gasteiger partial charge in [0, 0.05) is 47.2 Å². The Morgan fingerprint density at radius 1 is 1.14 bits per heavy atom. The number of H-pyrrole nitrogens is 2. The lowest BCUT2D eigenvalue weighted by Gasteiger charge is -2.32. The van der Waals surface area contributed by atoms with E-state index in [4.69, 9.17) is 4.74 Å². The summed E-state index contributed by atoms with van der Waals surface area (Å²) in [4.78, 5) is 18.7. The number of nitrogens with zero attached hydrogens (tertiary/aromatic N) is 2. The first-order valence-corrected chi connectivity index (χ1v) is 12.9. The fourth-order valence-electron chi connectivity index (χ4n) is 5.89. The molecule has 2 aromatic carbocycles. The van der Waals surface area contributed by atoms with Gasteiger partial charge < -0.3 is 15.0 Å². The highest BCUT2D eigenvalue weighted by atomic mass is 16.5. The highest BCUT2D eigenvalue weighted by molar-refractivity contribution is 5.84. The predicted molar refractivity (Wildman–Crippen MR) is 141 cm³/mol. The third-order valence-corrected chi connectivity index (χ3v) is 8.22. The summed E-state index contributed by atoms with van der Waals surface area (Å²) in [6.07, 6.45) is 8.05. The zero-order valence-electron chi connectivity index (χ0n) is 20.7. The molecular weight excluding hydrogens is 450 g/mol. The number of aromatic amines is 2. The summed E-state index contributed by atoms with van der Waals surface area (Å²) >= 11 is 0. The van der Waals surface area contributed by atoms with Gasteiger partial charge in [0.2, 0.25) is 5.91 Å². The lowest BCUT2D eigenvalue weighted by Crippen LogP contribution is -2.37. The van der Waals surface area contributed by atoms with Crippen LogP contribution in [0.2, 0.25) is 0 Å². The summed E-state index contributed by atoms with van der Waals surface area (Å²) in [5.41, 5.74) is 6.01. The topological polar surface area (TPSA) is 86.0 Å². The summed E-state index contributed by atoms with van der Waals surface area (Å²) in [7, 11) is 1.68. The Balaban J connectivity index is 0.990. The molecule has 2 aromatic heterocycles. The van der Waals surface area contributed by atoms with Gasteiger partial charge in [-0.15, -0.1) is 0 Å². The van der Waals surface area contributed by atoms with Crippen LogP contribution in [0, 0.1) is 11.3 Å². The van der Waals surface area contributed by atoms with E-state index in [1.807, 2.05) is 24.4 Å². The average molecular weight is 484 g/mol. The van der Waals surface area contributed by atoms with Gasteiger partial charge in [0.25, 0.3) is 0 Å². The van der Waals surface area contributed by atoms with Gasteiger partial charge in [-0.25, -0.2) is 0 Å². The molecule has 1 saturated heterocycles. The molecule has 1 aliphatic heterocycles. The molecule has 3 heterocycles. The Morgan fingerprint density at radius 2 is 1.94 bits per heavy atom. The van der Waals surface area contributed by atoms with Crippen LogP contribution in [-0.2, 0) is 17.8 Å². The van der Waals surface area contributed by atoms with Gasteiger partial charge in [0.15, 0.2) is 0 Å². The van der Waals surface area contributed by atoms with E-state index in [9.17, 15) is 4.79 Å². The van der Waals surface area contributed by atoms with Gasteiger partial charge in [-0.05, 0) is 80.1 Å². The molecule has 2 fully saturated rings. The number of benzene rings is 2. The molecule has 0 unspecified atom stereocenters. The van der Waals surface area contributed by atoms with E-state index in [1.165, 1.54) is 16.5 Å². The number of carbonyl (C=O) groups excluding carboxylic acids is 1. The summed E-state index contributed by atoms with van der Waals surface area (Å²) in [6, 6.07) is 16.4. The molecule has 0 radical (unpaired) electrons. The Hall–Kier alpha value is -3.58. The zero-order valence-corrected chi connectivity index (χ0v) is 20.7. The molecule has 0 bridgehead atoms. The molecule has 3 N–H and O–H groups in total. The maximum atomic E-state index is 12.9. The number of ether oxygens (including phenoxy) is 1.